The molecule has 0 aliphatic carbocycles. The van der Waals surface area contributed by atoms with E-state index in [1.807, 2.05) is 68.4 Å². The van der Waals surface area contributed by atoms with Crippen LogP contribution in [0.15, 0.2) is 47.3 Å². The van der Waals surface area contributed by atoms with Gasteiger partial charge in [0, 0.05) is 37.4 Å². The van der Waals surface area contributed by atoms with Crippen molar-refractivity contribution in [2.75, 3.05) is 30.9 Å². The van der Waals surface area contributed by atoms with Gasteiger partial charge in [-0.2, -0.15) is 0 Å². The zero-order chi connectivity index (χ0) is 19.8. The minimum absolute atomic E-state index is 0.0603. The van der Waals surface area contributed by atoms with Crippen molar-refractivity contribution >= 4 is 28.2 Å². The zero-order valence-electron chi connectivity index (χ0n) is 16.3. The van der Waals surface area contributed by atoms with Gasteiger partial charge in [0.25, 0.3) is 11.5 Å². The summed E-state index contributed by atoms with van der Waals surface area (Å²) in [6, 6.07) is 13.4. The maximum absolute atomic E-state index is 13.1. The monoisotopic (exact) mass is 377 g/mol. The molecule has 0 saturated heterocycles. The van der Waals surface area contributed by atoms with Crippen LogP contribution in [0.1, 0.15) is 22.8 Å². The summed E-state index contributed by atoms with van der Waals surface area (Å²) in [5.74, 6) is -0.0843. The van der Waals surface area contributed by atoms with E-state index < -0.39 is 5.91 Å². The molecule has 144 valence electrons. The summed E-state index contributed by atoms with van der Waals surface area (Å²) in [7, 11) is 3.91. The van der Waals surface area contributed by atoms with Gasteiger partial charge < -0.3 is 19.5 Å². The Labute approximate surface area is 163 Å². The normalized spacial score (nSPS) is 12.2. The van der Waals surface area contributed by atoms with Crippen LogP contribution in [-0.4, -0.2) is 31.2 Å². The third-order valence-corrected chi connectivity index (χ3v) is 5.08. The van der Waals surface area contributed by atoms with E-state index in [1.54, 1.807) is 4.57 Å². The molecular weight excluding hydrogens is 354 g/mol. The Morgan fingerprint density at radius 3 is 2.61 bits per heavy atom. The number of rotatable bonds is 5. The average molecular weight is 377 g/mol. The minimum Gasteiger partial charge on any atom is -0.492 e. The lowest BCUT2D eigenvalue weighted by Gasteiger charge is -2.16. The van der Waals surface area contributed by atoms with Crippen molar-refractivity contribution in [1.82, 2.24) is 4.57 Å². The van der Waals surface area contributed by atoms with Crippen molar-refractivity contribution in [3.8, 4) is 5.75 Å². The van der Waals surface area contributed by atoms with Gasteiger partial charge in [-0.1, -0.05) is 12.1 Å². The van der Waals surface area contributed by atoms with Crippen LogP contribution in [0.3, 0.4) is 0 Å². The number of aromatic nitrogens is 1. The number of nitrogens with one attached hydrogen (secondary N) is 1. The predicted octanol–water partition coefficient (Wildman–Crippen LogP) is 3.27. The first-order valence-electron chi connectivity index (χ1n) is 9.41. The van der Waals surface area contributed by atoms with Crippen molar-refractivity contribution in [3.63, 3.8) is 0 Å². The molecule has 1 aliphatic heterocycles. The fourth-order valence-corrected chi connectivity index (χ4v) is 3.74. The van der Waals surface area contributed by atoms with Crippen LogP contribution in [0.5, 0.6) is 5.75 Å². The van der Waals surface area contributed by atoms with E-state index in [9.17, 15) is 9.59 Å². The van der Waals surface area contributed by atoms with Gasteiger partial charge >= 0.3 is 0 Å². The lowest BCUT2D eigenvalue weighted by Crippen LogP contribution is -2.29. The van der Waals surface area contributed by atoms with Crippen molar-refractivity contribution in [2.45, 2.75) is 19.9 Å². The molecule has 0 saturated carbocycles. The largest absolute Gasteiger partial charge is 0.492 e. The highest BCUT2D eigenvalue weighted by molar-refractivity contribution is 6.09. The number of para-hydroxylation sites is 1. The van der Waals surface area contributed by atoms with E-state index >= 15 is 0 Å². The highest BCUT2D eigenvalue weighted by atomic mass is 16.5. The summed E-state index contributed by atoms with van der Waals surface area (Å²) in [6.45, 7) is 2.81. The van der Waals surface area contributed by atoms with Gasteiger partial charge in [0.15, 0.2) is 0 Å². The second-order valence-corrected chi connectivity index (χ2v) is 7.05. The van der Waals surface area contributed by atoms with Crippen LogP contribution in [0.25, 0.3) is 10.9 Å². The molecule has 0 bridgehead atoms. The van der Waals surface area contributed by atoms with E-state index in [1.165, 1.54) is 0 Å². The molecule has 1 aromatic heterocycles. The van der Waals surface area contributed by atoms with Crippen molar-refractivity contribution in [2.24, 2.45) is 0 Å². The van der Waals surface area contributed by atoms with Crippen molar-refractivity contribution in [1.29, 1.82) is 0 Å². The third-order valence-electron chi connectivity index (χ3n) is 5.08. The lowest BCUT2D eigenvalue weighted by atomic mass is 10.1. The molecule has 4 rings (SSSR count). The number of hydrogen-bond donors (Lipinski definition) is 1. The second-order valence-electron chi connectivity index (χ2n) is 7.05. The number of anilines is 2. The predicted molar refractivity (Wildman–Crippen MR) is 112 cm³/mol. The number of hydrogen-bond acceptors (Lipinski definition) is 4. The number of nitrogens with zero attached hydrogens (tertiary/aromatic N) is 2. The Balaban J connectivity index is 1.80. The molecule has 6 heteroatoms. The fourth-order valence-electron chi connectivity index (χ4n) is 3.74. The second kappa shape index (κ2) is 7.03. The van der Waals surface area contributed by atoms with Crippen LogP contribution in [-0.2, 0) is 13.0 Å². The maximum Gasteiger partial charge on any atom is 0.267 e. The Bertz CT molecular complexity index is 1110. The van der Waals surface area contributed by atoms with Gasteiger partial charge in [0.1, 0.15) is 11.3 Å². The summed E-state index contributed by atoms with van der Waals surface area (Å²) in [4.78, 5) is 28.2. The molecule has 1 N–H and O–H groups in total. The van der Waals surface area contributed by atoms with Gasteiger partial charge in [-0.25, -0.2) is 0 Å². The number of carbonyl (C=O) groups excluding carboxylic acids is 1. The Morgan fingerprint density at radius 2 is 1.93 bits per heavy atom. The van der Waals surface area contributed by atoms with E-state index in [0.29, 0.717) is 24.6 Å². The Hall–Kier alpha value is -3.28. The van der Waals surface area contributed by atoms with Crippen LogP contribution in [0.2, 0.25) is 0 Å². The SMILES string of the molecule is CCOc1c(C(=O)Nc2ccc(N(C)C)cc2)c(=O)n2c3c(cccc13)CC2. The molecule has 0 atom stereocenters. The van der Waals surface area contributed by atoms with Gasteiger partial charge in [0.2, 0.25) is 0 Å². The summed E-state index contributed by atoms with van der Waals surface area (Å²) in [6.07, 6.45) is 0.787. The van der Waals surface area contributed by atoms with Gasteiger partial charge in [-0.15, -0.1) is 0 Å². The number of aryl methyl sites for hydroxylation is 2. The van der Waals surface area contributed by atoms with E-state index in [2.05, 4.69) is 5.32 Å². The maximum atomic E-state index is 13.1. The fraction of sp³-hybridized carbons (Fsp3) is 0.273. The molecule has 6 nitrogen and oxygen atoms in total. The summed E-state index contributed by atoms with van der Waals surface area (Å²) < 4.78 is 7.49. The first-order valence-corrected chi connectivity index (χ1v) is 9.41. The Kier molecular flexibility index (Phi) is 4.55. The average Bonchev–Trinajstić information content (AvgIpc) is 3.12. The van der Waals surface area contributed by atoms with E-state index in [0.717, 1.165) is 28.6 Å². The zero-order valence-corrected chi connectivity index (χ0v) is 16.3. The van der Waals surface area contributed by atoms with Crippen LogP contribution in [0.4, 0.5) is 11.4 Å². The summed E-state index contributed by atoms with van der Waals surface area (Å²) in [5, 5.41) is 3.66. The van der Waals surface area contributed by atoms with Gasteiger partial charge in [-0.05, 0) is 49.2 Å². The van der Waals surface area contributed by atoms with Crippen LogP contribution < -0.4 is 20.5 Å². The number of ether oxygens (including phenoxy) is 1. The highest BCUT2D eigenvalue weighted by Crippen LogP contribution is 2.33. The van der Waals surface area contributed by atoms with Crippen LogP contribution in [0, 0.1) is 0 Å². The summed E-state index contributed by atoms with van der Waals surface area (Å²) in [5.41, 5.74) is 3.41. The minimum atomic E-state index is -0.450. The van der Waals surface area contributed by atoms with Gasteiger partial charge in [0.05, 0.1) is 12.1 Å². The molecular formula is C22H23N3O3. The molecule has 1 aliphatic rings. The molecule has 0 radical (unpaired) electrons. The molecule has 0 fully saturated rings. The van der Waals surface area contributed by atoms with Crippen LogP contribution >= 0.6 is 0 Å². The molecule has 0 spiro atoms. The molecule has 3 aromatic rings. The number of benzene rings is 2. The van der Waals surface area contributed by atoms with Gasteiger partial charge in [-0.3, -0.25) is 9.59 Å². The molecule has 1 amide bonds. The number of amides is 1. The molecule has 2 aromatic carbocycles. The molecule has 28 heavy (non-hydrogen) atoms. The number of pyridine rings is 1. The topological polar surface area (TPSA) is 63.6 Å². The highest BCUT2D eigenvalue weighted by Gasteiger charge is 2.27. The molecule has 2 heterocycles. The summed E-state index contributed by atoms with van der Waals surface area (Å²) >= 11 is 0. The quantitative estimate of drug-likeness (QED) is 0.741. The lowest BCUT2D eigenvalue weighted by molar-refractivity contribution is 0.102. The van der Waals surface area contributed by atoms with Crippen molar-refractivity contribution < 1.29 is 9.53 Å². The standard InChI is InChI=1S/C22H23N3O3/c1-4-28-20-17-7-5-6-14-12-13-25(19(14)17)22(27)18(20)21(26)23-15-8-10-16(11-9-15)24(2)3/h5-11H,4,12-13H2,1-3H3,(H,23,26). The van der Waals surface area contributed by atoms with E-state index in [4.69, 9.17) is 4.74 Å². The first kappa shape index (κ1) is 18.1. The smallest absolute Gasteiger partial charge is 0.267 e. The van der Waals surface area contributed by atoms with E-state index in [-0.39, 0.29) is 11.1 Å². The first-order chi connectivity index (χ1) is 13.5. The molecule has 0 unspecified atom stereocenters. The van der Waals surface area contributed by atoms with Crippen molar-refractivity contribution in [3.05, 3.63) is 63.9 Å². The number of carbonyl (C=O) groups is 1. The third kappa shape index (κ3) is 2.91. The Morgan fingerprint density at radius 1 is 1.18 bits per heavy atom.